The van der Waals surface area contributed by atoms with E-state index >= 15 is 0 Å². The fourth-order valence-corrected chi connectivity index (χ4v) is 13.1. The van der Waals surface area contributed by atoms with Crippen molar-refractivity contribution in [2.45, 2.75) is 493 Å². The van der Waals surface area contributed by atoms with E-state index in [-0.39, 0.29) is 356 Å². The first-order valence-electron chi connectivity index (χ1n) is 44.0. The van der Waals surface area contributed by atoms with Crippen molar-refractivity contribution in [2.75, 3.05) is 40.8 Å². The van der Waals surface area contributed by atoms with E-state index in [1.54, 1.807) is 28.1 Å². The third-order valence-corrected chi connectivity index (χ3v) is 20.7. The van der Waals surface area contributed by atoms with Crippen LogP contribution in [-0.2, 0) is 0 Å². The van der Waals surface area contributed by atoms with Crippen molar-refractivity contribution in [2.24, 2.45) is 62.7 Å². The normalized spacial score (nSPS) is 15.2. The van der Waals surface area contributed by atoms with Crippen LogP contribution in [0.2, 0.25) is 0 Å². The Hall–Kier alpha value is 7.42. The topological polar surface area (TPSA) is 293 Å². The van der Waals surface area contributed by atoms with Crippen molar-refractivity contribution >= 4 is 51.4 Å². The van der Waals surface area contributed by atoms with Crippen molar-refractivity contribution in [1.82, 2.24) is 0 Å². The molecule has 0 aliphatic rings. The molecule has 0 bridgehead atoms. The van der Waals surface area contributed by atoms with Gasteiger partial charge in [-0.2, -0.15) is 0 Å². The summed E-state index contributed by atoms with van der Waals surface area (Å²) >= 11 is 0. The Bertz CT molecular complexity index is 2570. The molecule has 0 aliphatic heterocycles. The van der Waals surface area contributed by atoms with Gasteiger partial charge in [0, 0.05) is 431 Å². The van der Waals surface area contributed by atoms with Gasteiger partial charge in [-0.05, 0) is 240 Å². The van der Waals surface area contributed by atoms with Crippen LogP contribution in [-0.4, -0.2) is 207 Å². The minimum absolute atomic E-state index is 0. The van der Waals surface area contributed by atoms with Crippen LogP contribution in [0.3, 0.4) is 0 Å². The molecular formula is C93H195La9N9O9. The third kappa shape index (κ3) is 81.4. The van der Waals surface area contributed by atoms with Gasteiger partial charge in [-0.25, -0.2) is 0 Å². The molecule has 0 heterocycles. The van der Waals surface area contributed by atoms with Crippen LogP contribution >= 0.6 is 0 Å². The van der Waals surface area contributed by atoms with Crippen LogP contribution in [0.1, 0.15) is 424 Å². The molecule has 6 atom stereocenters. The van der Waals surface area contributed by atoms with E-state index in [4.69, 9.17) is 0 Å². The second-order valence-electron chi connectivity index (χ2n) is 33.2. The number of nitrogens with zero attached hydrogens (tertiary/aromatic N) is 9. The molecule has 0 rings (SSSR count). The number of aliphatic hydroxyl groups is 9. The molecule has 9 N–H and O–H groups in total. The minimum atomic E-state index is -0.709. The summed E-state index contributed by atoms with van der Waals surface area (Å²) < 4.78 is 0. The molecule has 18 nitrogen and oxygen atoms in total. The predicted octanol–water partition coefficient (Wildman–Crippen LogP) is 22.4. The summed E-state index contributed by atoms with van der Waals surface area (Å²) in [5.41, 5.74) is 1.67. The molecule has 0 aromatic heterocycles. The first kappa shape index (κ1) is 170. The molecule has 0 fully saturated rings. The second kappa shape index (κ2) is 98.0. The maximum atomic E-state index is 10.5. The Balaban J connectivity index is -0.0000000605. The molecule has 693 valence electrons. The van der Waals surface area contributed by atoms with Gasteiger partial charge < -0.3 is 46.0 Å². The number of hydrogen-bond acceptors (Lipinski definition) is 18. The van der Waals surface area contributed by atoms with E-state index in [1.165, 1.54) is 0 Å². The molecular weight excluding hydrogens is 2640 g/mol. The zero-order valence-electron chi connectivity index (χ0n) is 86.8. The Morgan fingerprint density at radius 3 is 0.625 bits per heavy atom. The summed E-state index contributed by atoms with van der Waals surface area (Å²) in [5, 5.41) is 91.2. The molecule has 120 heavy (non-hydrogen) atoms. The zero-order chi connectivity index (χ0) is 89.6. The summed E-state index contributed by atoms with van der Waals surface area (Å²) in [7, 11) is 5.18. The van der Waals surface area contributed by atoms with Crippen molar-refractivity contribution < 1.29 is 366 Å². The van der Waals surface area contributed by atoms with Gasteiger partial charge in [-0.3, -0.25) is 44.9 Å². The van der Waals surface area contributed by atoms with E-state index in [0.29, 0.717) is 0 Å². The number of hydrogen-bond donors (Lipinski definition) is 9. The van der Waals surface area contributed by atoms with Crippen LogP contribution in [0.25, 0.3) is 0 Å². The van der Waals surface area contributed by atoms with Crippen molar-refractivity contribution in [3.05, 3.63) is 0 Å². The first-order chi connectivity index (χ1) is 51.0. The quantitative estimate of drug-likeness (QED) is 0.0262. The van der Waals surface area contributed by atoms with E-state index in [0.717, 1.165) is 225 Å². The van der Waals surface area contributed by atoms with Crippen LogP contribution in [0.5, 0.6) is 0 Å². The van der Waals surface area contributed by atoms with Gasteiger partial charge in [0.1, 0.15) is 33.6 Å². The number of aliphatic imine (C=N–C) groups is 9. The van der Waals surface area contributed by atoms with Crippen molar-refractivity contribution in [1.29, 1.82) is 0 Å². The number of rotatable bonds is 42. The Morgan fingerprint density at radius 1 is 0.217 bits per heavy atom. The molecule has 0 saturated carbocycles. The zero-order valence-corrected chi connectivity index (χ0v) is 119. The first-order valence-corrected chi connectivity index (χ1v) is 44.0. The van der Waals surface area contributed by atoms with E-state index in [9.17, 15) is 46.0 Å². The standard InChI is InChI=1S/2C12H25NO.2C11H23NO.3C10H21NO.C9H19NO.C8H17NO.9La/c1-7-8-12(14,9(2)3)11(6)13-10(4)5;1-6-8-12(14,9-7-2)11(5)13-10(3)4;1-6-8-11(13,9(3)4)10(5)12-7-2;1-5-8-11(13,9-6-2)10(4)12-7-3;1-6-7-10(12,8(2)3)9(4)11-5;1-6-7-10(5,12)9(4)11-8(2)3;1-5-7-10(12,8-6-2)9(3)11-4;1-5-7-9(4,11)8(3)10-6-2;1-5-6-8(3,10)7(2)9-4;;;;;;;;;/h9-10,14H,7-8H2,1-6H3;10,14H,6-9H2,1-5H3;9,13H,6-8H2,1-5H3;13H,5-9H2,1-4H3;2*8,12H,6-7H2,1-5H3;12H,5-8H2,1-4H3;11H,5-7H2,1-4H3;10H,5-6H2,1-4H3;;;;;;;;;. The van der Waals surface area contributed by atoms with Crippen molar-refractivity contribution in [3.63, 3.8) is 0 Å². The van der Waals surface area contributed by atoms with Crippen LogP contribution < -0.4 is 0 Å². The van der Waals surface area contributed by atoms with E-state index < -0.39 is 50.4 Å². The summed E-state index contributed by atoms with van der Waals surface area (Å²) in [6.07, 6.45) is 21.7. The van der Waals surface area contributed by atoms with Crippen LogP contribution in [0.15, 0.2) is 44.9 Å². The van der Waals surface area contributed by atoms with Gasteiger partial charge in [-0.15, -0.1) is 0 Å². The average Bonchev–Trinajstić information content (AvgIpc) is 0.837. The summed E-state index contributed by atoms with van der Waals surface area (Å²) in [6.45, 7) is 80.4. The van der Waals surface area contributed by atoms with Gasteiger partial charge >= 0.3 is 0 Å². The smallest absolute Gasteiger partial charge is 0.104 e. The largest absolute Gasteiger partial charge is 0.384 e. The monoisotopic (exact) mass is 2830 g/mol. The van der Waals surface area contributed by atoms with E-state index in [1.807, 2.05) is 166 Å². The molecule has 0 aromatic rings. The van der Waals surface area contributed by atoms with Crippen LogP contribution in [0.4, 0.5) is 0 Å². The Morgan fingerprint density at radius 2 is 0.400 bits per heavy atom. The average molecular weight is 2830 g/mol. The van der Waals surface area contributed by atoms with Gasteiger partial charge in [0.05, 0.1) is 16.8 Å². The molecule has 0 spiro atoms. The second-order valence-corrected chi connectivity index (χ2v) is 33.2. The predicted molar refractivity (Wildman–Crippen MR) is 498 cm³/mol. The van der Waals surface area contributed by atoms with Crippen molar-refractivity contribution in [3.8, 4) is 0 Å². The molecule has 0 aromatic carbocycles. The molecule has 9 radical (unpaired) electrons. The van der Waals surface area contributed by atoms with E-state index in [2.05, 4.69) is 142 Å². The van der Waals surface area contributed by atoms with Gasteiger partial charge in [-0.1, -0.05) is 202 Å². The summed E-state index contributed by atoms with van der Waals surface area (Å²) in [6, 6.07) is 0.806. The molecule has 0 aliphatic carbocycles. The Labute approximate surface area is 996 Å². The van der Waals surface area contributed by atoms with Gasteiger partial charge in [0.2, 0.25) is 0 Å². The summed E-state index contributed by atoms with van der Waals surface area (Å²) in [5.74, 6) is 0.703. The summed E-state index contributed by atoms with van der Waals surface area (Å²) in [4.78, 5) is 38.1. The molecule has 27 heteroatoms. The fourth-order valence-electron chi connectivity index (χ4n) is 13.1. The minimum Gasteiger partial charge on any atom is -0.384 e. The molecule has 0 saturated heterocycles. The third-order valence-electron chi connectivity index (χ3n) is 20.7. The molecule has 6 unspecified atom stereocenters. The SMILES string of the molecule is CCCC(C)(O)C(C)=NC.CCCC(C)(O)C(C)=NC(C)C.CCCC(C)(O)C(C)=NCC.CCCC(O)(C(C)=NC(C)C)C(C)C.CCCC(O)(C(C)=NC)C(C)C.CCCC(O)(C(C)=NCC)C(C)C.CCCC(O)(CCC)C(C)=NC.CCCC(O)(CCC)C(C)=NC(C)C.CCCC(O)(CCC)C(C)=NCC.[La].[La].[La].[La].[La].[La].[La].[La].[La]. The van der Waals surface area contributed by atoms with Gasteiger partial charge in [0.15, 0.2) is 0 Å². The fraction of sp³-hybridized carbons (Fsp3) is 0.903. The molecule has 0 amide bonds. The van der Waals surface area contributed by atoms with Gasteiger partial charge in [0.25, 0.3) is 0 Å². The maximum absolute atomic E-state index is 10.5. The maximum Gasteiger partial charge on any atom is 0.104 e. The Kier molecular flexibility index (Phi) is 139. The van der Waals surface area contributed by atoms with Crippen LogP contribution in [0, 0.1) is 338 Å².